The Morgan fingerprint density at radius 3 is 2.78 bits per heavy atom. The summed E-state index contributed by atoms with van der Waals surface area (Å²) >= 11 is 0. The van der Waals surface area contributed by atoms with Crippen molar-refractivity contribution in [3.05, 3.63) is 24.3 Å². The number of benzene rings is 1. The molecule has 5 heteroatoms. The number of carbonyl (C=O) groups excluding carboxylic acids is 2. The predicted octanol–water partition coefficient (Wildman–Crippen LogP) is 1.29. The molecular weight excluding hydrogens is 232 g/mol. The lowest BCUT2D eigenvalue weighted by Gasteiger charge is -2.24. The average molecular weight is 248 g/mol. The first-order chi connectivity index (χ1) is 8.65. The van der Waals surface area contributed by atoms with Crippen LogP contribution in [0, 0.1) is 5.92 Å². The molecule has 1 saturated carbocycles. The Hall–Kier alpha value is -2.04. The zero-order valence-electron chi connectivity index (χ0n) is 10.0. The van der Waals surface area contributed by atoms with Gasteiger partial charge in [0.05, 0.1) is 0 Å². The lowest BCUT2D eigenvalue weighted by Crippen LogP contribution is -2.28. The van der Waals surface area contributed by atoms with Gasteiger partial charge in [-0.25, -0.2) is 0 Å². The van der Waals surface area contributed by atoms with Gasteiger partial charge in [0.1, 0.15) is 5.75 Å². The highest BCUT2D eigenvalue weighted by atomic mass is 16.5. The minimum absolute atomic E-state index is 0.0494. The molecule has 1 fully saturated rings. The third-order valence-corrected chi connectivity index (χ3v) is 2.96. The van der Waals surface area contributed by atoms with Gasteiger partial charge < -0.3 is 15.8 Å². The van der Waals surface area contributed by atoms with E-state index in [2.05, 4.69) is 5.32 Å². The number of rotatable bonds is 5. The predicted molar refractivity (Wildman–Crippen MR) is 67.1 cm³/mol. The summed E-state index contributed by atoms with van der Waals surface area (Å²) < 4.78 is 5.16. The van der Waals surface area contributed by atoms with Crippen molar-refractivity contribution in [2.45, 2.75) is 19.3 Å². The molecule has 0 atom stereocenters. The van der Waals surface area contributed by atoms with E-state index in [1.807, 2.05) is 0 Å². The molecular formula is C13H16N2O3. The van der Waals surface area contributed by atoms with Crippen molar-refractivity contribution in [1.29, 1.82) is 0 Å². The number of primary amides is 1. The van der Waals surface area contributed by atoms with Gasteiger partial charge in [0.25, 0.3) is 5.91 Å². The Labute approximate surface area is 105 Å². The molecule has 0 saturated heterocycles. The number of amides is 2. The first kappa shape index (κ1) is 12.4. The maximum Gasteiger partial charge on any atom is 0.255 e. The highest BCUT2D eigenvalue weighted by Crippen LogP contribution is 2.28. The number of ether oxygens (including phenoxy) is 1. The standard InChI is InChI=1S/C13H16N2O3/c14-12(16)8-18-11-6-2-5-10(7-11)15-13(17)9-3-1-4-9/h2,5-7,9H,1,3-4,8H2,(H2,14,16)(H,15,17). The Bertz CT molecular complexity index is 455. The van der Waals surface area contributed by atoms with E-state index in [-0.39, 0.29) is 18.4 Å². The average Bonchev–Trinajstić information content (AvgIpc) is 2.24. The van der Waals surface area contributed by atoms with E-state index in [0.29, 0.717) is 11.4 Å². The SMILES string of the molecule is NC(=O)COc1cccc(NC(=O)C2CCC2)c1. The fourth-order valence-electron chi connectivity index (χ4n) is 1.73. The molecule has 1 aromatic carbocycles. The molecule has 0 spiro atoms. The van der Waals surface area contributed by atoms with Gasteiger partial charge in [0, 0.05) is 17.7 Å². The lowest BCUT2D eigenvalue weighted by atomic mass is 9.85. The third-order valence-electron chi connectivity index (χ3n) is 2.96. The first-order valence-electron chi connectivity index (χ1n) is 5.97. The highest BCUT2D eigenvalue weighted by Gasteiger charge is 2.25. The van der Waals surface area contributed by atoms with Crippen LogP contribution in [0.3, 0.4) is 0 Å². The highest BCUT2D eigenvalue weighted by molar-refractivity contribution is 5.93. The normalized spacial score (nSPS) is 14.7. The monoisotopic (exact) mass is 248 g/mol. The fourth-order valence-corrected chi connectivity index (χ4v) is 1.73. The molecule has 1 aliphatic rings. The van der Waals surface area contributed by atoms with Gasteiger partial charge in [-0.15, -0.1) is 0 Å². The van der Waals surface area contributed by atoms with Crippen LogP contribution in [0.25, 0.3) is 0 Å². The van der Waals surface area contributed by atoms with Crippen LogP contribution in [-0.4, -0.2) is 18.4 Å². The Kier molecular flexibility index (Phi) is 3.82. The topological polar surface area (TPSA) is 81.4 Å². The second-order valence-electron chi connectivity index (χ2n) is 4.40. The summed E-state index contributed by atoms with van der Waals surface area (Å²) in [5, 5.41) is 2.84. The molecule has 3 N–H and O–H groups in total. The summed E-state index contributed by atoms with van der Waals surface area (Å²) in [6.07, 6.45) is 3.05. The molecule has 1 aromatic rings. The first-order valence-corrected chi connectivity index (χ1v) is 5.97. The van der Waals surface area contributed by atoms with Crippen molar-refractivity contribution in [2.24, 2.45) is 11.7 Å². The van der Waals surface area contributed by atoms with E-state index < -0.39 is 5.91 Å². The molecule has 0 radical (unpaired) electrons. The second-order valence-corrected chi connectivity index (χ2v) is 4.40. The van der Waals surface area contributed by atoms with Crippen molar-refractivity contribution >= 4 is 17.5 Å². The molecule has 0 aliphatic heterocycles. The summed E-state index contributed by atoms with van der Waals surface area (Å²) in [5.74, 6) is 0.174. The number of nitrogens with two attached hydrogens (primary N) is 1. The van der Waals surface area contributed by atoms with Crippen LogP contribution >= 0.6 is 0 Å². The van der Waals surface area contributed by atoms with E-state index in [4.69, 9.17) is 10.5 Å². The maximum absolute atomic E-state index is 11.7. The van der Waals surface area contributed by atoms with Crippen molar-refractivity contribution in [1.82, 2.24) is 0 Å². The lowest BCUT2D eigenvalue weighted by molar-refractivity contribution is -0.122. The van der Waals surface area contributed by atoms with Crippen molar-refractivity contribution in [3.63, 3.8) is 0 Å². The van der Waals surface area contributed by atoms with Gasteiger partial charge in [0.15, 0.2) is 6.61 Å². The zero-order chi connectivity index (χ0) is 13.0. The largest absolute Gasteiger partial charge is 0.484 e. The van der Waals surface area contributed by atoms with Gasteiger partial charge >= 0.3 is 0 Å². The van der Waals surface area contributed by atoms with Crippen LogP contribution in [0.5, 0.6) is 5.75 Å². The Morgan fingerprint density at radius 1 is 1.39 bits per heavy atom. The summed E-state index contributed by atoms with van der Waals surface area (Å²) in [4.78, 5) is 22.3. The molecule has 0 heterocycles. The minimum atomic E-state index is -0.529. The molecule has 2 amide bonds. The van der Waals surface area contributed by atoms with Crippen LogP contribution in [0.15, 0.2) is 24.3 Å². The van der Waals surface area contributed by atoms with Crippen LogP contribution in [-0.2, 0) is 9.59 Å². The van der Waals surface area contributed by atoms with Crippen LogP contribution in [0.2, 0.25) is 0 Å². The fraction of sp³-hybridized carbons (Fsp3) is 0.385. The van der Waals surface area contributed by atoms with E-state index in [0.717, 1.165) is 19.3 Å². The molecule has 96 valence electrons. The van der Waals surface area contributed by atoms with E-state index in [1.54, 1.807) is 24.3 Å². The summed E-state index contributed by atoms with van der Waals surface area (Å²) in [6.45, 7) is -0.167. The zero-order valence-corrected chi connectivity index (χ0v) is 10.0. The van der Waals surface area contributed by atoms with Crippen molar-refractivity contribution in [3.8, 4) is 5.75 Å². The minimum Gasteiger partial charge on any atom is -0.484 e. The van der Waals surface area contributed by atoms with Crippen LogP contribution in [0.1, 0.15) is 19.3 Å². The number of hydrogen-bond donors (Lipinski definition) is 2. The number of nitrogens with one attached hydrogen (secondary N) is 1. The van der Waals surface area contributed by atoms with Gasteiger partial charge in [-0.2, -0.15) is 0 Å². The van der Waals surface area contributed by atoms with E-state index in [1.165, 1.54) is 0 Å². The van der Waals surface area contributed by atoms with E-state index in [9.17, 15) is 9.59 Å². The molecule has 2 rings (SSSR count). The molecule has 0 unspecified atom stereocenters. The van der Waals surface area contributed by atoms with Gasteiger partial charge in [-0.05, 0) is 25.0 Å². The maximum atomic E-state index is 11.7. The van der Waals surface area contributed by atoms with Crippen LogP contribution in [0.4, 0.5) is 5.69 Å². The van der Waals surface area contributed by atoms with Gasteiger partial charge in [-0.1, -0.05) is 12.5 Å². The molecule has 18 heavy (non-hydrogen) atoms. The summed E-state index contributed by atoms with van der Waals surface area (Å²) in [7, 11) is 0. The molecule has 0 aromatic heterocycles. The van der Waals surface area contributed by atoms with Crippen molar-refractivity contribution in [2.75, 3.05) is 11.9 Å². The number of hydrogen-bond acceptors (Lipinski definition) is 3. The third kappa shape index (κ3) is 3.23. The van der Waals surface area contributed by atoms with Crippen molar-refractivity contribution < 1.29 is 14.3 Å². The summed E-state index contributed by atoms with van der Waals surface area (Å²) in [5.41, 5.74) is 5.67. The molecule has 5 nitrogen and oxygen atoms in total. The smallest absolute Gasteiger partial charge is 0.255 e. The number of carbonyl (C=O) groups is 2. The van der Waals surface area contributed by atoms with Gasteiger partial charge in [0.2, 0.25) is 5.91 Å². The van der Waals surface area contributed by atoms with Crippen LogP contribution < -0.4 is 15.8 Å². The van der Waals surface area contributed by atoms with E-state index >= 15 is 0 Å². The molecule has 1 aliphatic carbocycles. The molecule has 0 bridgehead atoms. The number of anilines is 1. The quantitative estimate of drug-likeness (QED) is 0.823. The second kappa shape index (κ2) is 5.53. The summed E-state index contributed by atoms with van der Waals surface area (Å²) in [6, 6.07) is 6.93. The van der Waals surface area contributed by atoms with Gasteiger partial charge in [-0.3, -0.25) is 9.59 Å². The Morgan fingerprint density at radius 2 is 2.17 bits per heavy atom. The Balaban J connectivity index is 1.93.